The van der Waals surface area contributed by atoms with Gasteiger partial charge in [0.1, 0.15) is 29.8 Å². The van der Waals surface area contributed by atoms with Crippen LogP contribution in [0.25, 0.3) is 11.0 Å². The van der Waals surface area contributed by atoms with Crippen LogP contribution >= 0.6 is 0 Å². The molecular weight excluding hydrogens is 326 g/mol. The van der Waals surface area contributed by atoms with Gasteiger partial charge in [0.15, 0.2) is 5.65 Å². The third kappa shape index (κ3) is 3.16. The summed E-state index contributed by atoms with van der Waals surface area (Å²) in [4.78, 5) is 28.9. The predicted octanol–water partition coefficient (Wildman–Crippen LogP) is 0.786. The fraction of sp³-hybridized carbons (Fsp3) is 0.250. The zero-order valence-corrected chi connectivity index (χ0v) is 14.0. The predicted molar refractivity (Wildman–Crippen MR) is 90.9 cm³/mol. The van der Waals surface area contributed by atoms with E-state index in [9.17, 15) is 9.59 Å². The van der Waals surface area contributed by atoms with Crippen molar-refractivity contribution in [3.63, 3.8) is 0 Å². The highest BCUT2D eigenvalue weighted by Gasteiger charge is 2.13. The van der Waals surface area contributed by atoms with Crippen LogP contribution < -0.4 is 20.3 Å². The van der Waals surface area contributed by atoms with E-state index in [1.807, 2.05) is 0 Å². The molecule has 0 fully saturated rings. The first-order valence-corrected chi connectivity index (χ1v) is 7.42. The van der Waals surface area contributed by atoms with Gasteiger partial charge in [-0.1, -0.05) is 0 Å². The Morgan fingerprint density at radius 3 is 2.80 bits per heavy atom. The van der Waals surface area contributed by atoms with Gasteiger partial charge in [-0.25, -0.2) is 4.98 Å². The standard InChI is InChI=1S/C16H17N5O4/c1-20-15-11(7-18-20)16(23)21(9-17-15)8-14(22)19-12-6-10(24-2)4-5-13(12)25-3/h4-7,9H,8H2,1-3H3,(H,19,22). The molecule has 0 aliphatic heterocycles. The van der Waals surface area contributed by atoms with Crippen molar-refractivity contribution in [2.75, 3.05) is 19.5 Å². The number of fused-ring (bicyclic) bond motifs is 1. The minimum absolute atomic E-state index is 0.184. The molecule has 0 saturated carbocycles. The van der Waals surface area contributed by atoms with Crippen LogP contribution in [0.1, 0.15) is 0 Å². The molecule has 0 unspecified atom stereocenters. The number of aryl methyl sites for hydroxylation is 1. The number of aromatic nitrogens is 4. The van der Waals surface area contributed by atoms with Crippen LogP contribution in [0.4, 0.5) is 5.69 Å². The number of ether oxygens (including phenoxy) is 2. The van der Waals surface area contributed by atoms with Crippen LogP contribution in [0.3, 0.4) is 0 Å². The van der Waals surface area contributed by atoms with E-state index < -0.39 is 5.91 Å². The van der Waals surface area contributed by atoms with Crippen LogP contribution in [-0.2, 0) is 18.4 Å². The lowest BCUT2D eigenvalue weighted by Crippen LogP contribution is -2.28. The van der Waals surface area contributed by atoms with Gasteiger partial charge < -0.3 is 14.8 Å². The van der Waals surface area contributed by atoms with Gasteiger partial charge in [-0.05, 0) is 12.1 Å². The lowest BCUT2D eigenvalue weighted by Gasteiger charge is -2.12. The van der Waals surface area contributed by atoms with E-state index in [4.69, 9.17) is 9.47 Å². The molecule has 9 nitrogen and oxygen atoms in total. The van der Waals surface area contributed by atoms with Crippen LogP contribution in [0, 0.1) is 0 Å². The summed E-state index contributed by atoms with van der Waals surface area (Å²) in [5.41, 5.74) is 0.595. The number of amides is 1. The topological polar surface area (TPSA) is 100 Å². The highest BCUT2D eigenvalue weighted by molar-refractivity contribution is 5.92. The summed E-state index contributed by atoms with van der Waals surface area (Å²) in [6.45, 7) is -0.184. The normalized spacial score (nSPS) is 10.7. The van der Waals surface area contributed by atoms with E-state index in [0.717, 1.165) is 0 Å². The van der Waals surface area contributed by atoms with Gasteiger partial charge in [0, 0.05) is 13.1 Å². The van der Waals surface area contributed by atoms with Gasteiger partial charge in [0.05, 0.1) is 26.1 Å². The number of rotatable bonds is 5. The second-order valence-corrected chi connectivity index (χ2v) is 5.30. The summed E-state index contributed by atoms with van der Waals surface area (Å²) in [6.07, 6.45) is 2.76. The molecule has 2 heterocycles. The maximum absolute atomic E-state index is 12.4. The quantitative estimate of drug-likeness (QED) is 0.735. The molecule has 0 spiro atoms. The third-order valence-electron chi connectivity index (χ3n) is 3.71. The summed E-state index contributed by atoms with van der Waals surface area (Å²) < 4.78 is 13.1. The molecule has 1 N–H and O–H groups in total. The third-order valence-corrected chi connectivity index (χ3v) is 3.71. The highest BCUT2D eigenvalue weighted by Crippen LogP contribution is 2.28. The van der Waals surface area contributed by atoms with Gasteiger partial charge in [-0.15, -0.1) is 0 Å². The number of nitrogens with one attached hydrogen (secondary N) is 1. The van der Waals surface area contributed by atoms with Crippen molar-refractivity contribution >= 4 is 22.6 Å². The summed E-state index contributed by atoms with van der Waals surface area (Å²) in [5, 5.41) is 7.07. The highest BCUT2D eigenvalue weighted by atomic mass is 16.5. The molecule has 1 aromatic carbocycles. The molecule has 0 aliphatic carbocycles. The number of nitrogens with zero attached hydrogens (tertiary/aromatic N) is 4. The van der Waals surface area contributed by atoms with Gasteiger partial charge in [0.25, 0.3) is 5.56 Å². The molecule has 3 aromatic rings. The van der Waals surface area contributed by atoms with Crippen LogP contribution in [0.5, 0.6) is 11.5 Å². The molecule has 9 heteroatoms. The minimum Gasteiger partial charge on any atom is -0.497 e. The fourth-order valence-corrected chi connectivity index (χ4v) is 2.44. The SMILES string of the molecule is COc1ccc(OC)c(NC(=O)Cn2cnc3c(cnn3C)c2=O)c1. The zero-order chi connectivity index (χ0) is 18.0. The van der Waals surface area contributed by atoms with Crippen molar-refractivity contribution in [3.8, 4) is 11.5 Å². The van der Waals surface area contributed by atoms with E-state index in [0.29, 0.717) is 28.2 Å². The second kappa shape index (κ2) is 6.63. The second-order valence-electron chi connectivity index (χ2n) is 5.30. The molecular formula is C16H17N5O4. The van der Waals surface area contributed by atoms with Crippen molar-refractivity contribution in [2.24, 2.45) is 7.05 Å². The molecule has 0 radical (unpaired) electrons. The maximum Gasteiger partial charge on any atom is 0.264 e. The molecule has 0 aliphatic rings. The zero-order valence-electron chi connectivity index (χ0n) is 14.0. The Balaban J connectivity index is 1.84. The largest absolute Gasteiger partial charge is 0.497 e. The van der Waals surface area contributed by atoms with E-state index in [-0.39, 0.29) is 12.1 Å². The number of carbonyl (C=O) groups is 1. The van der Waals surface area contributed by atoms with E-state index in [1.54, 1.807) is 25.2 Å². The first kappa shape index (κ1) is 16.5. The Kier molecular flexibility index (Phi) is 4.38. The Labute approximate surface area is 142 Å². The van der Waals surface area contributed by atoms with Gasteiger partial charge in [-0.3, -0.25) is 18.8 Å². The van der Waals surface area contributed by atoms with Gasteiger partial charge in [0.2, 0.25) is 5.91 Å². The molecule has 25 heavy (non-hydrogen) atoms. The average Bonchev–Trinajstić information content (AvgIpc) is 2.99. The Morgan fingerprint density at radius 1 is 1.28 bits per heavy atom. The maximum atomic E-state index is 12.4. The Hall–Kier alpha value is -3.36. The van der Waals surface area contributed by atoms with Crippen LogP contribution in [0.2, 0.25) is 0 Å². The van der Waals surface area contributed by atoms with E-state index in [2.05, 4.69) is 15.4 Å². The van der Waals surface area contributed by atoms with E-state index >= 15 is 0 Å². The monoisotopic (exact) mass is 343 g/mol. The smallest absolute Gasteiger partial charge is 0.264 e. The first-order valence-electron chi connectivity index (χ1n) is 7.42. The van der Waals surface area contributed by atoms with Crippen molar-refractivity contribution in [3.05, 3.63) is 41.1 Å². The van der Waals surface area contributed by atoms with Crippen LogP contribution in [-0.4, -0.2) is 39.5 Å². The van der Waals surface area contributed by atoms with E-state index in [1.165, 1.54) is 36.0 Å². The molecule has 1 amide bonds. The lowest BCUT2D eigenvalue weighted by atomic mass is 10.2. The number of benzene rings is 1. The Bertz CT molecular complexity index is 992. The molecule has 3 rings (SSSR count). The molecule has 0 atom stereocenters. The summed E-state index contributed by atoms with van der Waals surface area (Å²) in [5.74, 6) is 0.674. The molecule has 0 saturated heterocycles. The first-order chi connectivity index (χ1) is 12.0. The van der Waals surface area contributed by atoms with Crippen molar-refractivity contribution in [1.29, 1.82) is 0 Å². The number of hydrogen-bond donors (Lipinski definition) is 1. The molecule has 130 valence electrons. The number of carbonyl (C=O) groups excluding carboxylic acids is 1. The van der Waals surface area contributed by atoms with Gasteiger partial charge >= 0.3 is 0 Å². The van der Waals surface area contributed by atoms with Crippen LogP contribution in [0.15, 0.2) is 35.5 Å². The van der Waals surface area contributed by atoms with Crippen molar-refractivity contribution in [1.82, 2.24) is 19.3 Å². The molecule has 2 aromatic heterocycles. The number of methoxy groups -OCH3 is 2. The fourth-order valence-electron chi connectivity index (χ4n) is 2.44. The summed E-state index contributed by atoms with van der Waals surface area (Å²) >= 11 is 0. The van der Waals surface area contributed by atoms with Gasteiger partial charge in [-0.2, -0.15) is 5.10 Å². The minimum atomic E-state index is -0.390. The van der Waals surface area contributed by atoms with Crippen molar-refractivity contribution < 1.29 is 14.3 Å². The number of hydrogen-bond acceptors (Lipinski definition) is 6. The lowest BCUT2D eigenvalue weighted by molar-refractivity contribution is -0.116. The van der Waals surface area contributed by atoms with Crippen molar-refractivity contribution in [2.45, 2.75) is 6.54 Å². The average molecular weight is 343 g/mol. The summed E-state index contributed by atoms with van der Waals surface area (Å²) in [6, 6.07) is 5.05. The Morgan fingerprint density at radius 2 is 2.08 bits per heavy atom. The molecule has 0 bridgehead atoms. The number of anilines is 1. The summed E-state index contributed by atoms with van der Waals surface area (Å²) in [7, 11) is 4.73.